The lowest BCUT2D eigenvalue weighted by Crippen LogP contribution is -1.88. The fourth-order valence-corrected chi connectivity index (χ4v) is 2.27. The van der Waals surface area contributed by atoms with Crippen LogP contribution in [0.25, 0.3) is 33.1 Å². The molecule has 0 atom stereocenters. The highest BCUT2D eigenvalue weighted by atomic mass is 15.1. The Bertz CT molecular complexity index is 841. The number of hydrogen-bond acceptors (Lipinski definition) is 4. The van der Waals surface area contributed by atoms with Crippen LogP contribution in [0.4, 0.5) is 0 Å². The predicted octanol–water partition coefficient (Wildman–Crippen LogP) is 3.24. The van der Waals surface area contributed by atoms with E-state index in [0.717, 1.165) is 33.1 Å². The van der Waals surface area contributed by atoms with Crippen molar-refractivity contribution >= 4 is 21.8 Å². The lowest BCUT2D eigenvalue weighted by atomic mass is 10.1. The molecule has 4 aromatic rings. The van der Waals surface area contributed by atoms with Gasteiger partial charge in [-0.05, 0) is 30.3 Å². The second-order valence-corrected chi connectivity index (χ2v) is 4.57. The quantitative estimate of drug-likeness (QED) is 0.526. The van der Waals surface area contributed by atoms with Gasteiger partial charge in [0, 0.05) is 28.7 Å². The SMILES string of the molecule is c1cc2nc(-c3ccc4ccnnc4c3)ccc2cn1. The number of aromatic nitrogens is 4. The molecule has 0 unspecified atom stereocenters. The van der Waals surface area contributed by atoms with E-state index in [0.29, 0.717) is 0 Å². The van der Waals surface area contributed by atoms with Crippen LogP contribution in [0.5, 0.6) is 0 Å². The van der Waals surface area contributed by atoms with Gasteiger partial charge in [-0.2, -0.15) is 10.2 Å². The van der Waals surface area contributed by atoms with Crippen LogP contribution in [-0.2, 0) is 0 Å². The van der Waals surface area contributed by atoms with Gasteiger partial charge < -0.3 is 0 Å². The molecule has 0 aliphatic carbocycles. The van der Waals surface area contributed by atoms with Crippen LogP contribution in [0.3, 0.4) is 0 Å². The molecular formula is C16H10N4. The molecule has 0 radical (unpaired) electrons. The van der Waals surface area contributed by atoms with Crippen LogP contribution < -0.4 is 0 Å². The van der Waals surface area contributed by atoms with Gasteiger partial charge in [-0.3, -0.25) is 4.98 Å². The molecule has 0 spiro atoms. The molecule has 0 fully saturated rings. The van der Waals surface area contributed by atoms with Crippen molar-refractivity contribution in [3.8, 4) is 11.3 Å². The number of hydrogen-bond donors (Lipinski definition) is 0. The maximum absolute atomic E-state index is 4.66. The third-order valence-corrected chi connectivity index (χ3v) is 3.30. The van der Waals surface area contributed by atoms with E-state index in [2.05, 4.69) is 26.2 Å². The number of fused-ring (bicyclic) bond motifs is 2. The third-order valence-electron chi connectivity index (χ3n) is 3.30. The van der Waals surface area contributed by atoms with Crippen molar-refractivity contribution in [3.63, 3.8) is 0 Å². The summed E-state index contributed by atoms with van der Waals surface area (Å²) in [6.07, 6.45) is 5.27. The van der Waals surface area contributed by atoms with Gasteiger partial charge in [0.2, 0.25) is 0 Å². The summed E-state index contributed by atoms with van der Waals surface area (Å²) in [6, 6.07) is 14.0. The lowest BCUT2D eigenvalue weighted by Gasteiger charge is -2.04. The molecule has 0 amide bonds. The van der Waals surface area contributed by atoms with Gasteiger partial charge in [0.15, 0.2) is 0 Å². The highest BCUT2D eigenvalue weighted by Gasteiger charge is 2.03. The van der Waals surface area contributed by atoms with Gasteiger partial charge in [-0.25, -0.2) is 4.98 Å². The zero-order chi connectivity index (χ0) is 13.4. The van der Waals surface area contributed by atoms with Gasteiger partial charge >= 0.3 is 0 Å². The normalized spacial score (nSPS) is 11.0. The summed E-state index contributed by atoms with van der Waals surface area (Å²) < 4.78 is 0. The van der Waals surface area contributed by atoms with Crippen molar-refractivity contribution in [2.24, 2.45) is 0 Å². The Kier molecular flexibility index (Phi) is 2.39. The predicted molar refractivity (Wildman–Crippen MR) is 78.1 cm³/mol. The average molecular weight is 258 g/mol. The molecule has 94 valence electrons. The van der Waals surface area contributed by atoms with E-state index in [1.165, 1.54) is 0 Å². The van der Waals surface area contributed by atoms with E-state index in [4.69, 9.17) is 0 Å². The van der Waals surface area contributed by atoms with Gasteiger partial charge in [0.1, 0.15) is 0 Å². The number of benzene rings is 1. The Labute approximate surface area is 115 Å². The Hall–Kier alpha value is -2.88. The van der Waals surface area contributed by atoms with Gasteiger partial charge in [-0.15, -0.1) is 0 Å². The number of pyridine rings is 2. The van der Waals surface area contributed by atoms with Crippen molar-refractivity contribution in [3.05, 3.63) is 61.1 Å². The summed E-state index contributed by atoms with van der Waals surface area (Å²) in [4.78, 5) is 8.76. The average Bonchev–Trinajstić information content (AvgIpc) is 2.54. The summed E-state index contributed by atoms with van der Waals surface area (Å²) in [5, 5.41) is 10.2. The molecule has 3 heterocycles. The van der Waals surface area contributed by atoms with Gasteiger partial charge in [0.25, 0.3) is 0 Å². The topological polar surface area (TPSA) is 51.6 Å². The first-order valence-electron chi connectivity index (χ1n) is 6.33. The lowest BCUT2D eigenvalue weighted by molar-refractivity contribution is 1.08. The molecule has 0 aliphatic rings. The first kappa shape index (κ1) is 11.0. The first-order chi connectivity index (χ1) is 9.90. The van der Waals surface area contributed by atoms with Crippen LogP contribution >= 0.6 is 0 Å². The summed E-state index contributed by atoms with van der Waals surface area (Å²) in [6.45, 7) is 0. The second-order valence-electron chi connectivity index (χ2n) is 4.57. The highest BCUT2D eigenvalue weighted by molar-refractivity contribution is 5.85. The standard InChI is InChI=1S/C16H10N4/c1-2-12(9-16-11(1)5-8-18-20-16)14-4-3-13-10-17-7-6-15(13)19-14/h1-10H. The van der Waals surface area contributed by atoms with E-state index in [1.54, 1.807) is 12.4 Å². The molecule has 4 nitrogen and oxygen atoms in total. The van der Waals surface area contributed by atoms with Crippen molar-refractivity contribution in [2.45, 2.75) is 0 Å². The van der Waals surface area contributed by atoms with E-state index in [1.807, 2.05) is 42.6 Å². The van der Waals surface area contributed by atoms with Crippen molar-refractivity contribution in [1.82, 2.24) is 20.2 Å². The van der Waals surface area contributed by atoms with Crippen molar-refractivity contribution in [2.75, 3.05) is 0 Å². The summed E-state index contributed by atoms with van der Waals surface area (Å²) in [5.74, 6) is 0. The minimum atomic E-state index is 0.877. The molecule has 0 N–H and O–H groups in total. The van der Waals surface area contributed by atoms with Crippen LogP contribution in [-0.4, -0.2) is 20.2 Å². The van der Waals surface area contributed by atoms with E-state index >= 15 is 0 Å². The monoisotopic (exact) mass is 258 g/mol. The van der Waals surface area contributed by atoms with Gasteiger partial charge in [0.05, 0.1) is 22.9 Å². The summed E-state index contributed by atoms with van der Waals surface area (Å²) in [5.41, 5.74) is 3.78. The van der Waals surface area contributed by atoms with E-state index in [9.17, 15) is 0 Å². The molecule has 4 rings (SSSR count). The van der Waals surface area contributed by atoms with Crippen LogP contribution in [0, 0.1) is 0 Å². The molecule has 0 aliphatic heterocycles. The van der Waals surface area contributed by atoms with E-state index in [-0.39, 0.29) is 0 Å². The molecule has 4 heteroatoms. The summed E-state index contributed by atoms with van der Waals surface area (Å²) in [7, 11) is 0. The fraction of sp³-hybridized carbons (Fsp3) is 0. The minimum Gasteiger partial charge on any atom is -0.264 e. The van der Waals surface area contributed by atoms with Crippen LogP contribution in [0.2, 0.25) is 0 Å². The Morgan fingerprint density at radius 1 is 0.750 bits per heavy atom. The highest BCUT2D eigenvalue weighted by Crippen LogP contribution is 2.23. The van der Waals surface area contributed by atoms with Crippen molar-refractivity contribution in [1.29, 1.82) is 0 Å². The van der Waals surface area contributed by atoms with Crippen LogP contribution in [0.1, 0.15) is 0 Å². The Morgan fingerprint density at radius 3 is 2.70 bits per heavy atom. The largest absolute Gasteiger partial charge is 0.264 e. The molecule has 0 saturated carbocycles. The maximum Gasteiger partial charge on any atom is 0.0936 e. The van der Waals surface area contributed by atoms with Gasteiger partial charge in [-0.1, -0.05) is 12.1 Å². The molecule has 0 bridgehead atoms. The fourth-order valence-electron chi connectivity index (χ4n) is 2.27. The molecule has 20 heavy (non-hydrogen) atoms. The summed E-state index contributed by atoms with van der Waals surface area (Å²) >= 11 is 0. The van der Waals surface area contributed by atoms with Crippen molar-refractivity contribution < 1.29 is 0 Å². The number of rotatable bonds is 1. The molecule has 1 aromatic carbocycles. The Balaban J connectivity index is 1.91. The first-order valence-corrected chi connectivity index (χ1v) is 6.33. The van der Waals surface area contributed by atoms with E-state index < -0.39 is 0 Å². The Morgan fingerprint density at radius 2 is 1.70 bits per heavy atom. The minimum absolute atomic E-state index is 0.877. The van der Waals surface area contributed by atoms with Crippen LogP contribution in [0.15, 0.2) is 61.1 Å². The zero-order valence-corrected chi connectivity index (χ0v) is 10.6. The maximum atomic E-state index is 4.66. The third kappa shape index (κ3) is 1.78. The smallest absolute Gasteiger partial charge is 0.0936 e. The second kappa shape index (κ2) is 4.35. The molecule has 0 saturated heterocycles. The zero-order valence-electron chi connectivity index (χ0n) is 10.6. The molecular weight excluding hydrogens is 248 g/mol. The number of nitrogens with zero attached hydrogens (tertiary/aromatic N) is 4. The molecule has 3 aromatic heterocycles.